The van der Waals surface area contributed by atoms with Crippen molar-refractivity contribution in [3.05, 3.63) is 29.3 Å². The Balaban J connectivity index is 0.00000121. The van der Waals surface area contributed by atoms with Gasteiger partial charge in [-0.15, -0.1) is 0 Å². The van der Waals surface area contributed by atoms with Gasteiger partial charge in [0.05, 0.1) is 5.56 Å². The molecule has 1 radical (unpaired) electrons. The van der Waals surface area contributed by atoms with E-state index in [0.29, 0.717) is 5.56 Å². The molecule has 0 atom stereocenters. The van der Waals surface area contributed by atoms with Crippen LogP contribution in [-0.4, -0.2) is 16.2 Å². The van der Waals surface area contributed by atoms with E-state index in [1.54, 1.807) is 6.92 Å². The van der Waals surface area contributed by atoms with E-state index in [9.17, 15) is 4.79 Å². The van der Waals surface area contributed by atoms with Crippen molar-refractivity contribution >= 4 is 5.97 Å². The van der Waals surface area contributed by atoms with Gasteiger partial charge in [0.25, 0.3) is 0 Å². The maximum absolute atomic E-state index is 10.4. The Morgan fingerprint density at radius 1 is 1.42 bits per heavy atom. The molecule has 0 amide bonds. The van der Waals surface area contributed by atoms with Crippen LogP contribution in [0.3, 0.4) is 0 Å². The van der Waals surface area contributed by atoms with Crippen LogP contribution >= 0.6 is 0 Å². The molecule has 0 fully saturated rings. The van der Waals surface area contributed by atoms with Gasteiger partial charge in [-0.3, -0.25) is 0 Å². The van der Waals surface area contributed by atoms with Gasteiger partial charge in [0.1, 0.15) is 5.75 Å². The van der Waals surface area contributed by atoms with Gasteiger partial charge in [-0.25, -0.2) is 4.79 Å². The third-order valence-electron chi connectivity index (χ3n) is 1.44. The van der Waals surface area contributed by atoms with Gasteiger partial charge in [0, 0.05) is 32.7 Å². The van der Waals surface area contributed by atoms with Crippen LogP contribution in [-0.2, 0) is 32.7 Å². The Kier molecular flexibility index (Phi) is 4.42. The van der Waals surface area contributed by atoms with Gasteiger partial charge in [-0.05, 0) is 30.7 Å². The Morgan fingerprint density at radius 3 is 2.42 bits per heavy atom. The van der Waals surface area contributed by atoms with Gasteiger partial charge < -0.3 is 10.2 Å². The third-order valence-corrected chi connectivity index (χ3v) is 1.44. The summed E-state index contributed by atoms with van der Waals surface area (Å²) < 4.78 is 0. The first kappa shape index (κ1) is 11.6. The van der Waals surface area contributed by atoms with Gasteiger partial charge >= 0.3 is 5.97 Å². The molecule has 1 rings (SSSR count). The van der Waals surface area contributed by atoms with E-state index in [4.69, 9.17) is 10.2 Å². The van der Waals surface area contributed by atoms with Crippen LogP contribution in [0, 0.1) is 6.92 Å². The fourth-order valence-corrected chi connectivity index (χ4v) is 0.788. The molecule has 61 valence electrons. The third kappa shape index (κ3) is 2.57. The molecule has 4 heteroatoms. The SMILES string of the molecule is Cc1cc(C(=O)O)ccc1O.[Y]. The molecule has 12 heavy (non-hydrogen) atoms. The van der Waals surface area contributed by atoms with Crippen molar-refractivity contribution < 1.29 is 47.7 Å². The second-order valence-corrected chi connectivity index (χ2v) is 2.31. The summed E-state index contributed by atoms with van der Waals surface area (Å²) >= 11 is 0. The van der Waals surface area contributed by atoms with Crippen LogP contribution in [0.15, 0.2) is 18.2 Å². The van der Waals surface area contributed by atoms with E-state index in [1.807, 2.05) is 0 Å². The molecular weight excluding hydrogens is 233 g/mol. The molecule has 0 bridgehead atoms. The molecule has 0 aliphatic heterocycles. The zero-order valence-electron chi connectivity index (χ0n) is 6.61. The molecule has 0 unspecified atom stereocenters. The Morgan fingerprint density at radius 2 is 2.00 bits per heavy atom. The summed E-state index contributed by atoms with van der Waals surface area (Å²) in [5.41, 5.74) is 0.769. The van der Waals surface area contributed by atoms with Gasteiger partial charge in [0.15, 0.2) is 0 Å². The number of aryl methyl sites for hydroxylation is 1. The number of carboxylic acids is 1. The summed E-state index contributed by atoms with van der Waals surface area (Å²) in [4.78, 5) is 10.4. The van der Waals surface area contributed by atoms with Gasteiger partial charge in [-0.2, -0.15) is 0 Å². The van der Waals surface area contributed by atoms with Crippen molar-refractivity contribution in [2.75, 3.05) is 0 Å². The predicted octanol–water partition coefficient (Wildman–Crippen LogP) is 1.40. The second kappa shape index (κ2) is 4.58. The smallest absolute Gasteiger partial charge is 0.335 e. The minimum atomic E-state index is -0.979. The number of hydrogen-bond acceptors (Lipinski definition) is 2. The van der Waals surface area contributed by atoms with E-state index < -0.39 is 5.97 Å². The molecule has 0 spiro atoms. The van der Waals surface area contributed by atoms with Crippen molar-refractivity contribution in [3.63, 3.8) is 0 Å². The molecule has 0 saturated heterocycles. The first-order valence-electron chi connectivity index (χ1n) is 3.14. The molecule has 0 heterocycles. The van der Waals surface area contributed by atoms with E-state index in [2.05, 4.69) is 0 Å². The summed E-state index contributed by atoms with van der Waals surface area (Å²) in [5.74, 6) is -0.858. The van der Waals surface area contributed by atoms with E-state index in [-0.39, 0.29) is 44.0 Å². The largest absolute Gasteiger partial charge is 0.508 e. The van der Waals surface area contributed by atoms with Crippen molar-refractivity contribution in [2.45, 2.75) is 6.92 Å². The normalized spacial score (nSPS) is 8.75. The van der Waals surface area contributed by atoms with Crippen LogP contribution < -0.4 is 0 Å². The molecule has 0 aliphatic carbocycles. The zero-order valence-corrected chi connectivity index (χ0v) is 9.45. The van der Waals surface area contributed by atoms with Gasteiger partial charge in [-0.1, -0.05) is 0 Å². The average molecular weight is 241 g/mol. The molecule has 1 aromatic carbocycles. The summed E-state index contributed by atoms with van der Waals surface area (Å²) in [5, 5.41) is 17.6. The molecule has 2 N–H and O–H groups in total. The number of aromatic hydroxyl groups is 1. The number of phenols is 1. The van der Waals surface area contributed by atoms with E-state index in [1.165, 1.54) is 18.2 Å². The van der Waals surface area contributed by atoms with E-state index >= 15 is 0 Å². The topological polar surface area (TPSA) is 57.5 Å². The van der Waals surface area contributed by atoms with Crippen LogP contribution in [0.4, 0.5) is 0 Å². The Hall–Kier alpha value is -0.406. The number of aromatic carboxylic acids is 1. The van der Waals surface area contributed by atoms with Crippen molar-refractivity contribution in [1.82, 2.24) is 0 Å². The number of phenolic OH excluding ortho intramolecular Hbond substituents is 1. The maximum atomic E-state index is 10.4. The average Bonchev–Trinajstić information content (AvgIpc) is 1.94. The van der Waals surface area contributed by atoms with Crippen LogP contribution in [0.25, 0.3) is 0 Å². The molecule has 0 saturated carbocycles. The van der Waals surface area contributed by atoms with Crippen molar-refractivity contribution in [2.24, 2.45) is 0 Å². The summed E-state index contributed by atoms with van der Waals surface area (Å²) in [6.45, 7) is 1.65. The minimum Gasteiger partial charge on any atom is -0.508 e. The molecule has 3 nitrogen and oxygen atoms in total. The summed E-state index contributed by atoms with van der Waals surface area (Å²) in [7, 11) is 0. The Bertz CT molecular complexity index is 296. The second-order valence-electron chi connectivity index (χ2n) is 2.31. The quantitative estimate of drug-likeness (QED) is 0.781. The summed E-state index contributed by atoms with van der Waals surface area (Å²) in [6.07, 6.45) is 0. The molecule has 1 aromatic rings. The number of benzene rings is 1. The molecular formula is C8H8O3Y. The number of hydrogen-bond donors (Lipinski definition) is 2. The molecule has 0 aromatic heterocycles. The fraction of sp³-hybridized carbons (Fsp3) is 0.125. The van der Waals surface area contributed by atoms with Crippen molar-refractivity contribution in [3.8, 4) is 5.75 Å². The van der Waals surface area contributed by atoms with Crippen molar-refractivity contribution in [1.29, 1.82) is 0 Å². The van der Waals surface area contributed by atoms with Crippen LogP contribution in [0.2, 0.25) is 0 Å². The molecule has 0 aliphatic rings. The van der Waals surface area contributed by atoms with Crippen LogP contribution in [0.1, 0.15) is 15.9 Å². The number of rotatable bonds is 1. The zero-order chi connectivity index (χ0) is 8.43. The predicted molar refractivity (Wildman–Crippen MR) is 39.8 cm³/mol. The number of carboxylic acid groups (broad SMARTS) is 1. The minimum absolute atomic E-state index is 0. The van der Waals surface area contributed by atoms with Crippen LogP contribution in [0.5, 0.6) is 5.75 Å². The fourth-order valence-electron chi connectivity index (χ4n) is 0.788. The van der Waals surface area contributed by atoms with Gasteiger partial charge in [0.2, 0.25) is 0 Å². The maximum Gasteiger partial charge on any atom is 0.335 e. The first-order chi connectivity index (χ1) is 5.11. The summed E-state index contributed by atoms with van der Waals surface area (Å²) in [6, 6.07) is 4.17. The monoisotopic (exact) mass is 241 g/mol. The number of carbonyl (C=O) groups is 1. The Labute approximate surface area is 95.3 Å². The first-order valence-corrected chi connectivity index (χ1v) is 3.14. The standard InChI is InChI=1S/C8H8O3.Y/c1-5-4-6(8(10)11)2-3-7(5)9;/h2-4,9H,1H3,(H,10,11);. The van der Waals surface area contributed by atoms with E-state index in [0.717, 1.165) is 0 Å².